The van der Waals surface area contributed by atoms with Crippen LogP contribution in [0.5, 0.6) is 5.75 Å². The number of carbonyl (C=O) groups excluding carboxylic acids is 2. The summed E-state index contributed by atoms with van der Waals surface area (Å²) in [6.45, 7) is 3.62. The monoisotopic (exact) mass is 519 g/mol. The van der Waals surface area contributed by atoms with Gasteiger partial charge in [-0.1, -0.05) is 13.0 Å². The van der Waals surface area contributed by atoms with Crippen molar-refractivity contribution in [2.24, 2.45) is 18.9 Å². The number of carbonyl (C=O) groups is 2. The first-order valence-corrected chi connectivity index (χ1v) is 13.4. The van der Waals surface area contributed by atoms with E-state index >= 15 is 0 Å². The summed E-state index contributed by atoms with van der Waals surface area (Å²) in [5.74, 6) is -0.618. The molecule has 0 spiro atoms. The summed E-state index contributed by atoms with van der Waals surface area (Å²) in [6, 6.07) is 4.49. The highest BCUT2D eigenvalue weighted by molar-refractivity contribution is 7.89. The second-order valence-electron chi connectivity index (χ2n) is 9.73. The van der Waals surface area contributed by atoms with E-state index in [0.29, 0.717) is 5.69 Å². The number of rotatable bonds is 8. The Kier molecular flexibility index (Phi) is 7.39. The fraction of sp³-hybridized carbons (Fsp3) is 0.542. The molecule has 0 unspecified atom stereocenters. The van der Waals surface area contributed by atoms with Gasteiger partial charge in [0.15, 0.2) is 10.8 Å². The molecule has 3 atom stereocenters. The number of aryl methyl sites for hydroxylation is 1. The van der Waals surface area contributed by atoms with Gasteiger partial charge >= 0.3 is 0 Å². The van der Waals surface area contributed by atoms with Crippen molar-refractivity contribution in [3.63, 3.8) is 0 Å². The normalized spacial score (nSPS) is 21.4. The lowest BCUT2D eigenvalue weighted by molar-refractivity contribution is -0.117. The molecule has 2 amide bonds. The minimum Gasteiger partial charge on any atom is -0.486 e. The largest absolute Gasteiger partial charge is 0.486 e. The van der Waals surface area contributed by atoms with E-state index < -0.39 is 22.2 Å². The molecule has 0 saturated heterocycles. The molecule has 1 aliphatic carbocycles. The Balaban J connectivity index is 1.70. The third-order valence-corrected chi connectivity index (χ3v) is 8.40. The maximum atomic E-state index is 13.5. The van der Waals surface area contributed by atoms with Crippen LogP contribution < -0.4 is 10.1 Å². The zero-order valence-corrected chi connectivity index (χ0v) is 21.7. The second kappa shape index (κ2) is 10.2. The highest BCUT2D eigenvalue weighted by atomic mass is 32.2. The number of nitrogens with one attached hydrogen (secondary N) is 1. The Labute approximate surface area is 211 Å². The van der Waals surface area contributed by atoms with Crippen LogP contribution in [0.3, 0.4) is 0 Å². The van der Waals surface area contributed by atoms with Gasteiger partial charge in [-0.05, 0) is 31.9 Å². The minimum absolute atomic E-state index is 0.0139. The second-order valence-corrected chi connectivity index (χ2v) is 11.7. The van der Waals surface area contributed by atoms with Gasteiger partial charge in [0.05, 0.1) is 36.8 Å². The number of aliphatic hydroxyl groups is 1. The summed E-state index contributed by atoms with van der Waals surface area (Å²) in [5, 5.41) is 12.6. The van der Waals surface area contributed by atoms with Gasteiger partial charge in [0.1, 0.15) is 6.10 Å². The molecule has 0 bridgehead atoms. The van der Waals surface area contributed by atoms with E-state index in [-0.39, 0.29) is 59.7 Å². The highest BCUT2D eigenvalue weighted by Gasteiger charge is 2.37. The quantitative estimate of drug-likeness (QED) is 0.537. The summed E-state index contributed by atoms with van der Waals surface area (Å²) < 4.78 is 35.4. The maximum absolute atomic E-state index is 13.5. The van der Waals surface area contributed by atoms with Crippen LogP contribution in [-0.2, 0) is 21.9 Å². The molecule has 1 aliphatic heterocycles. The molecule has 0 radical (unpaired) electrons. The number of aliphatic hydroxyl groups excluding tert-OH is 1. The lowest BCUT2D eigenvalue weighted by atomic mass is 9.99. The van der Waals surface area contributed by atoms with Gasteiger partial charge < -0.3 is 24.6 Å². The summed E-state index contributed by atoms with van der Waals surface area (Å²) >= 11 is 0. The molecule has 4 rings (SSSR count). The first-order chi connectivity index (χ1) is 17.0. The Morgan fingerprint density at radius 2 is 2.08 bits per heavy atom. The molecule has 2 heterocycles. The number of para-hydroxylation sites is 1. The topological polar surface area (TPSA) is 134 Å². The average molecular weight is 520 g/mol. The Morgan fingerprint density at radius 1 is 1.36 bits per heavy atom. The van der Waals surface area contributed by atoms with Gasteiger partial charge in [-0.25, -0.2) is 13.4 Å². The Bertz CT molecular complexity index is 1240. The zero-order valence-electron chi connectivity index (χ0n) is 20.9. The van der Waals surface area contributed by atoms with Crippen LogP contribution >= 0.6 is 0 Å². The number of hydrogen-bond donors (Lipinski definition) is 2. The minimum atomic E-state index is -3.89. The van der Waals surface area contributed by atoms with Crippen molar-refractivity contribution in [3.05, 3.63) is 36.3 Å². The van der Waals surface area contributed by atoms with Crippen LogP contribution in [0.2, 0.25) is 0 Å². The number of nitrogens with zero attached hydrogens (tertiary/aromatic N) is 4. The smallest absolute Gasteiger partial charge is 0.261 e. The van der Waals surface area contributed by atoms with Crippen molar-refractivity contribution in [1.82, 2.24) is 18.8 Å². The molecule has 12 heteroatoms. The molecule has 1 fully saturated rings. The van der Waals surface area contributed by atoms with Crippen molar-refractivity contribution in [1.29, 1.82) is 0 Å². The molecule has 1 aromatic carbocycles. The fourth-order valence-electron chi connectivity index (χ4n) is 4.17. The number of anilines is 1. The summed E-state index contributed by atoms with van der Waals surface area (Å²) in [6.07, 6.45) is 3.82. The van der Waals surface area contributed by atoms with Gasteiger partial charge in [-0.15, -0.1) is 0 Å². The maximum Gasteiger partial charge on any atom is 0.261 e. The number of aromatic nitrogens is 2. The first kappa shape index (κ1) is 26.1. The van der Waals surface area contributed by atoms with E-state index in [4.69, 9.17) is 4.74 Å². The molecular weight excluding hydrogens is 486 g/mol. The number of likely N-dealkylation sites (N-methyl/N-ethyl adjacent to an activating group) is 1. The van der Waals surface area contributed by atoms with E-state index in [0.717, 1.165) is 12.8 Å². The Hall–Kier alpha value is -2.96. The molecule has 1 aromatic heterocycles. The van der Waals surface area contributed by atoms with Gasteiger partial charge in [0.2, 0.25) is 5.91 Å². The number of benzene rings is 1. The Morgan fingerprint density at radius 3 is 2.69 bits per heavy atom. The van der Waals surface area contributed by atoms with Crippen LogP contribution in [0.25, 0.3) is 0 Å². The third-order valence-electron chi connectivity index (χ3n) is 6.69. The van der Waals surface area contributed by atoms with Crippen molar-refractivity contribution in [2.75, 3.05) is 32.1 Å². The molecular formula is C24H33N5O6S. The predicted octanol–water partition coefficient (Wildman–Crippen LogP) is 1.31. The molecule has 2 N–H and O–H groups in total. The molecule has 196 valence electrons. The van der Waals surface area contributed by atoms with Crippen molar-refractivity contribution < 1.29 is 27.9 Å². The summed E-state index contributed by atoms with van der Waals surface area (Å²) in [5.41, 5.74) is 0.611. The molecule has 2 aliphatic rings. The van der Waals surface area contributed by atoms with Crippen LogP contribution in [0.4, 0.5) is 5.69 Å². The molecule has 2 aromatic rings. The predicted molar refractivity (Wildman–Crippen MR) is 132 cm³/mol. The fourth-order valence-corrected chi connectivity index (χ4v) is 5.32. The average Bonchev–Trinajstić information content (AvgIpc) is 3.61. The number of fused-ring (bicyclic) bond motifs is 1. The van der Waals surface area contributed by atoms with Crippen LogP contribution in [0.15, 0.2) is 35.7 Å². The van der Waals surface area contributed by atoms with Crippen LogP contribution in [0.1, 0.15) is 37.0 Å². The number of imidazole rings is 1. The highest BCUT2D eigenvalue weighted by Crippen LogP contribution is 2.37. The SMILES string of the molecule is C[C@H]1CN([C@@H](C)CO)C(=O)c2cccc(NC(=O)C3CC3)c2O[C@H]1CN(C)S(=O)(=O)c1cn(C)cn1. The van der Waals surface area contributed by atoms with E-state index in [1.165, 1.54) is 23.9 Å². The molecule has 36 heavy (non-hydrogen) atoms. The van der Waals surface area contributed by atoms with Crippen molar-refractivity contribution in [3.8, 4) is 5.75 Å². The van der Waals surface area contributed by atoms with Crippen molar-refractivity contribution in [2.45, 2.75) is 43.9 Å². The van der Waals surface area contributed by atoms with Gasteiger partial charge in [-0.3, -0.25) is 9.59 Å². The van der Waals surface area contributed by atoms with Gasteiger partial charge in [-0.2, -0.15) is 4.31 Å². The van der Waals surface area contributed by atoms with Crippen LogP contribution in [-0.4, -0.2) is 83.0 Å². The summed E-state index contributed by atoms with van der Waals surface area (Å²) in [7, 11) is -0.739. The van der Waals surface area contributed by atoms with E-state index in [1.807, 2.05) is 6.92 Å². The number of ether oxygens (including phenoxy) is 1. The number of hydrogen-bond acceptors (Lipinski definition) is 7. The lowest BCUT2D eigenvalue weighted by Gasteiger charge is -2.38. The van der Waals surface area contributed by atoms with Crippen LogP contribution in [0, 0.1) is 11.8 Å². The molecule has 11 nitrogen and oxygen atoms in total. The van der Waals surface area contributed by atoms with E-state index in [9.17, 15) is 23.1 Å². The van der Waals surface area contributed by atoms with E-state index in [1.54, 1.807) is 41.6 Å². The third kappa shape index (κ3) is 5.25. The van der Waals surface area contributed by atoms with Crippen molar-refractivity contribution >= 4 is 27.5 Å². The van der Waals surface area contributed by atoms with Gasteiger partial charge in [0, 0.05) is 38.7 Å². The standard InChI is InChI=1S/C24H33N5O6S/c1-15-10-29(16(2)13-30)24(32)18-6-5-7-19(26-23(31)17-8-9-17)22(18)35-20(15)11-28(4)36(33,34)21-12-27(3)14-25-21/h5-7,12,14-17,20,30H,8-11,13H2,1-4H3,(H,26,31)/t15-,16-,20-/m0/s1. The van der Waals surface area contributed by atoms with E-state index in [2.05, 4.69) is 10.3 Å². The van der Waals surface area contributed by atoms with Gasteiger partial charge in [0.25, 0.3) is 15.9 Å². The molecule has 1 saturated carbocycles. The lowest BCUT2D eigenvalue weighted by Crippen LogP contribution is -2.50. The zero-order chi connectivity index (χ0) is 26.2. The number of sulfonamides is 1. The summed E-state index contributed by atoms with van der Waals surface area (Å²) in [4.78, 5) is 31.6. The first-order valence-electron chi connectivity index (χ1n) is 12.0. The number of amides is 2.